The topological polar surface area (TPSA) is 80.4 Å². The van der Waals surface area contributed by atoms with Crippen molar-refractivity contribution in [2.75, 3.05) is 0 Å². The fourth-order valence-corrected chi connectivity index (χ4v) is 5.23. The molecule has 2 amide bonds. The van der Waals surface area contributed by atoms with Crippen LogP contribution in [0.1, 0.15) is 61.5 Å². The summed E-state index contributed by atoms with van der Waals surface area (Å²) in [6.45, 7) is 2.36. The van der Waals surface area contributed by atoms with Crippen LogP contribution in [0.15, 0.2) is 53.1 Å². The quantitative estimate of drug-likeness (QED) is 0.518. The lowest BCUT2D eigenvalue weighted by Crippen LogP contribution is -2.64. The van der Waals surface area contributed by atoms with Gasteiger partial charge in [0, 0.05) is 23.7 Å². The summed E-state index contributed by atoms with van der Waals surface area (Å²) in [5, 5.41) is 8.47. The second kappa shape index (κ2) is 9.29. The summed E-state index contributed by atoms with van der Waals surface area (Å²) < 4.78 is 7.13. The zero-order chi connectivity index (χ0) is 23.7. The van der Waals surface area contributed by atoms with Crippen LogP contribution in [0.25, 0.3) is 11.5 Å². The van der Waals surface area contributed by atoms with Crippen LogP contribution >= 0.6 is 11.6 Å². The minimum atomic E-state index is -1.11. The number of nitrogens with one attached hydrogen (secondary N) is 1. The summed E-state index contributed by atoms with van der Waals surface area (Å²) in [4.78, 5) is 29.2. The molecule has 0 saturated heterocycles. The van der Waals surface area contributed by atoms with Gasteiger partial charge >= 0.3 is 0 Å². The molecule has 1 aliphatic carbocycles. The lowest BCUT2D eigenvalue weighted by molar-refractivity contribution is -0.134. The van der Waals surface area contributed by atoms with Crippen molar-refractivity contribution in [1.29, 1.82) is 0 Å². The molecule has 2 aromatic heterocycles. The second-order valence-corrected chi connectivity index (χ2v) is 9.94. The van der Waals surface area contributed by atoms with Crippen molar-refractivity contribution in [2.24, 2.45) is 0 Å². The minimum Gasteiger partial charge on any atom is -0.463 e. The van der Waals surface area contributed by atoms with Gasteiger partial charge in [0.1, 0.15) is 16.9 Å². The number of fused-ring (bicyclic) bond motifs is 1. The van der Waals surface area contributed by atoms with E-state index in [0.29, 0.717) is 22.2 Å². The Morgan fingerprint density at radius 1 is 1.18 bits per heavy atom. The second-order valence-electron chi connectivity index (χ2n) is 9.51. The molecule has 0 radical (unpaired) electrons. The highest BCUT2D eigenvalue weighted by atomic mass is 35.5. The highest BCUT2D eigenvalue weighted by Gasteiger charge is 2.48. The molecule has 34 heavy (non-hydrogen) atoms. The molecule has 0 spiro atoms. The lowest BCUT2D eigenvalue weighted by atomic mass is 9.93. The molecule has 7 nitrogen and oxygen atoms in total. The van der Waals surface area contributed by atoms with Gasteiger partial charge in [-0.2, -0.15) is 5.10 Å². The maximum absolute atomic E-state index is 13.8. The summed E-state index contributed by atoms with van der Waals surface area (Å²) in [7, 11) is 0. The lowest BCUT2D eigenvalue weighted by Gasteiger charge is -2.44. The predicted octanol–water partition coefficient (Wildman–Crippen LogP) is 5.05. The van der Waals surface area contributed by atoms with Crippen molar-refractivity contribution in [3.8, 4) is 11.5 Å². The molecule has 3 heterocycles. The first kappa shape index (κ1) is 22.7. The zero-order valence-electron chi connectivity index (χ0n) is 19.3. The standard InChI is InChI=1S/C26H29ClN4O3/c1-26(25(33)28-20-10-4-2-3-5-11-20)17-31-22(15-21(29-31)23-12-7-13-34-23)24(32)30(26)16-18-8-6-9-19(27)14-18/h6-9,12-15,20H,2-5,10-11,16-17H2,1H3,(H,28,33)/t26-/m1/s1. The first-order valence-corrected chi connectivity index (χ1v) is 12.3. The van der Waals surface area contributed by atoms with E-state index in [1.807, 2.05) is 25.1 Å². The molecular formula is C26H29ClN4O3. The van der Waals surface area contributed by atoms with Crippen molar-refractivity contribution in [1.82, 2.24) is 20.0 Å². The van der Waals surface area contributed by atoms with E-state index in [4.69, 9.17) is 16.0 Å². The first-order chi connectivity index (χ1) is 16.4. The van der Waals surface area contributed by atoms with E-state index in [0.717, 1.165) is 31.2 Å². The molecular weight excluding hydrogens is 452 g/mol. The number of nitrogens with zero attached hydrogens (tertiary/aromatic N) is 3. The fourth-order valence-electron chi connectivity index (χ4n) is 5.02. The molecule has 5 rings (SSSR count). The Kier molecular flexibility index (Phi) is 6.21. The van der Waals surface area contributed by atoms with Crippen LogP contribution in [0.4, 0.5) is 0 Å². The summed E-state index contributed by atoms with van der Waals surface area (Å²) in [6, 6.07) is 12.9. The molecule has 1 aromatic carbocycles. The molecule has 178 valence electrons. The molecule has 1 fully saturated rings. The Bertz CT molecular complexity index is 1180. The van der Waals surface area contributed by atoms with Crippen molar-refractivity contribution in [3.05, 3.63) is 65.0 Å². The average Bonchev–Trinajstić information content (AvgIpc) is 3.42. The van der Waals surface area contributed by atoms with Crippen LogP contribution in [-0.2, 0) is 17.9 Å². The van der Waals surface area contributed by atoms with Gasteiger partial charge in [0.05, 0.1) is 12.8 Å². The molecule has 2 aliphatic rings. The van der Waals surface area contributed by atoms with Gasteiger partial charge in [0.25, 0.3) is 5.91 Å². The third-order valence-corrected chi connectivity index (χ3v) is 7.22. The van der Waals surface area contributed by atoms with Crippen molar-refractivity contribution >= 4 is 23.4 Å². The monoisotopic (exact) mass is 480 g/mol. The minimum absolute atomic E-state index is 0.132. The molecule has 0 bridgehead atoms. The van der Waals surface area contributed by atoms with Gasteiger partial charge in [0.15, 0.2) is 5.76 Å². The number of benzene rings is 1. The number of carbonyl (C=O) groups excluding carboxylic acids is 2. The molecule has 3 aromatic rings. The number of halogens is 1. The van der Waals surface area contributed by atoms with E-state index >= 15 is 0 Å². The maximum atomic E-state index is 13.8. The maximum Gasteiger partial charge on any atom is 0.273 e. The molecule has 1 N–H and O–H groups in total. The molecule has 0 unspecified atom stereocenters. The molecule has 8 heteroatoms. The fraction of sp³-hybridized carbons (Fsp3) is 0.423. The third-order valence-electron chi connectivity index (χ3n) is 6.98. The van der Waals surface area contributed by atoms with Crippen molar-refractivity contribution < 1.29 is 14.0 Å². The van der Waals surface area contributed by atoms with Gasteiger partial charge in [0.2, 0.25) is 5.91 Å². The number of hydrogen-bond acceptors (Lipinski definition) is 4. The van der Waals surface area contributed by atoms with E-state index in [2.05, 4.69) is 10.4 Å². The number of rotatable bonds is 5. The van der Waals surface area contributed by atoms with Crippen LogP contribution in [0.2, 0.25) is 5.02 Å². The summed E-state index contributed by atoms with van der Waals surface area (Å²) in [5.41, 5.74) is 0.775. The molecule has 1 saturated carbocycles. The van der Waals surface area contributed by atoms with E-state index in [1.165, 1.54) is 12.8 Å². The largest absolute Gasteiger partial charge is 0.463 e. The van der Waals surface area contributed by atoms with Crippen molar-refractivity contribution in [3.63, 3.8) is 0 Å². The number of carbonyl (C=O) groups is 2. The third kappa shape index (κ3) is 4.37. The summed E-state index contributed by atoms with van der Waals surface area (Å²) in [6.07, 6.45) is 8.15. The highest BCUT2D eigenvalue weighted by molar-refractivity contribution is 6.30. The molecule has 1 aliphatic heterocycles. The zero-order valence-corrected chi connectivity index (χ0v) is 20.1. The Morgan fingerprint density at radius 3 is 2.68 bits per heavy atom. The average molecular weight is 481 g/mol. The van der Waals surface area contributed by atoms with Gasteiger partial charge in [-0.15, -0.1) is 0 Å². The van der Waals surface area contributed by atoms with Crippen LogP contribution in [0, 0.1) is 0 Å². The Labute approximate surface area is 204 Å². The highest BCUT2D eigenvalue weighted by Crippen LogP contribution is 2.32. The number of furan rings is 1. The van der Waals surface area contributed by atoms with Crippen molar-refractivity contribution in [2.45, 2.75) is 70.1 Å². The predicted molar refractivity (Wildman–Crippen MR) is 129 cm³/mol. The van der Waals surface area contributed by atoms with E-state index < -0.39 is 5.54 Å². The number of amides is 2. The van der Waals surface area contributed by atoms with E-state index in [1.54, 1.807) is 40.1 Å². The Balaban J connectivity index is 1.50. The first-order valence-electron chi connectivity index (χ1n) is 11.9. The van der Waals surface area contributed by atoms with Gasteiger partial charge in [-0.1, -0.05) is 49.4 Å². The van der Waals surface area contributed by atoms with Gasteiger partial charge < -0.3 is 14.6 Å². The SMILES string of the molecule is C[C@]1(C(=O)NC2CCCCCC2)Cn2nc(-c3ccco3)cc2C(=O)N1Cc1cccc(Cl)c1. The Morgan fingerprint density at radius 2 is 1.97 bits per heavy atom. The van der Waals surface area contributed by atoms with Gasteiger partial charge in [-0.3, -0.25) is 14.3 Å². The van der Waals surface area contributed by atoms with E-state index in [9.17, 15) is 9.59 Å². The summed E-state index contributed by atoms with van der Waals surface area (Å²) >= 11 is 6.21. The van der Waals surface area contributed by atoms with E-state index in [-0.39, 0.29) is 30.9 Å². The smallest absolute Gasteiger partial charge is 0.273 e. The summed E-state index contributed by atoms with van der Waals surface area (Å²) in [5.74, 6) is 0.200. The van der Waals surface area contributed by atoms with Gasteiger partial charge in [-0.05, 0) is 49.6 Å². The normalized spacial score (nSPS) is 21.2. The van der Waals surface area contributed by atoms with Crippen LogP contribution in [0.3, 0.4) is 0 Å². The van der Waals surface area contributed by atoms with Gasteiger partial charge in [-0.25, -0.2) is 0 Å². The Hall–Kier alpha value is -3.06. The van der Waals surface area contributed by atoms with Crippen LogP contribution in [0.5, 0.6) is 0 Å². The number of aromatic nitrogens is 2. The number of hydrogen-bond donors (Lipinski definition) is 1. The molecule has 1 atom stereocenters. The van der Waals surface area contributed by atoms with Crippen LogP contribution < -0.4 is 5.32 Å². The van der Waals surface area contributed by atoms with Crippen LogP contribution in [-0.4, -0.2) is 38.1 Å².